The molecular weight excluding hydrogens is 503 g/mol. The smallest absolute Gasteiger partial charge is 0.222 e. The fraction of sp³-hybridized carbons (Fsp3) is 0.696. The SMILES string of the molecule is CCNC(=NCc1cccnc1N1CCCC(C(N)=O)C1)N1CC2CCCCC2C1.I. The number of hydrogen-bond acceptors (Lipinski definition) is 4. The van der Waals surface area contributed by atoms with Crippen LogP contribution in [0.25, 0.3) is 0 Å². The summed E-state index contributed by atoms with van der Waals surface area (Å²) >= 11 is 0. The lowest BCUT2D eigenvalue weighted by molar-refractivity contribution is -0.122. The average Bonchev–Trinajstić information content (AvgIpc) is 3.21. The first kappa shape index (κ1) is 24.1. The second-order valence-corrected chi connectivity index (χ2v) is 9.05. The van der Waals surface area contributed by atoms with Crippen molar-refractivity contribution in [1.82, 2.24) is 15.2 Å². The maximum atomic E-state index is 11.7. The number of hydrogen-bond donors (Lipinski definition) is 2. The molecule has 172 valence electrons. The number of piperidine rings is 1. The summed E-state index contributed by atoms with van der Waals surface area (Å²) in [6.07, 6.45) is 9.15. The number of carbonyl (C=O) groups excluding carboxylic acids is 1. The van der Waals surface area contributed by atoms with Gasteiger partial charge in [-0.2, -0.15) is 0 Å². The Kier molecular flexibility index (Phi) is 8.80. The van der Waals surface area contributed by atoms with Gasteiger partial charge in [0.05, 0.1) is 12.5 Å². The summed E-state index contributed by atoms with van der Waals surface area (Å²) < 4.78 is 0. The van der Waals surface area contributed by atoms with E-state index < -0.39 is 0 Å². The molecule has 7 nitrogen and oxygen atoms in total. The molecule has 3 N–H and O–H groups in total. The van der Waals surface area contributed by atoms with Crippen LogP contribution >= 0.6 is 24.0 Å². The number of aliphatic imine (C=N–C) groups is 1. The van der Waals surface area contributed by atoms with E-state index in [1.807, 2.05) is 12.3 Å². The highest BCUT2D eigenvalue weighted by atomic mass is 127. The number of amides is 1. The predicted molar refractivity (Wildman–Crippen MR) is 136 cm³/mol. The van der Waals surface area contributed by atoms with Gasteiger partial charge in [-0.25, -0.2) is 9.98 Å². The molecule has 3 heterocycles. The Bertz CT molecular complexity index is 758. The van der Waals surface area contributed by atoms with Crippen molar-refractivity contribution in [3.63, 3.8) is 0 Å². The van der Waals surface area contributed by atoms with E-state index >= 15 is 0 Å². The van der Waals surface area contributed by atoms with Gasteiger partial charge in [0.1, 0.15) is 5.82 Å². The van der Waals surface area contributed by atoms with Gasteiger partial charge in [0.2, 0.25) is 5.91 Å². The number of fused-ring (bicyclic) bond motifs is 1. The Morgan fingerprint density at radius 1 is 1.19 bits per heavy atom. The highest BCUT2D eigenvalue weighted by Gasteiger charge is 2.35. The van der Waals surface area contributed by atoms with Crippen molar-refractivity contribution in [2.45, 2.75) is 52.0 Å². The zero-order valence-corrected chi connectivity index (χ0v) is 21.0. The van der Waals surface area contributed by atoms with Crippen LogP contribution in [0.4, 0.5) is 5.82 Å². The van der Waals surface area contributed by atoms with Crippen LogP contribution in [0.1, 0.15) is 51.0 Å². The number of aromatic nitrogens is 1. The molecule has 3 atom stereocenters. The molecule has 1 amide bonds. The minimum atomic E-state index is -0.208. The molecule has 1 aliphatic carbocycles. The Hall–Kier alpha value is -1.58. The van der Waals surface area contributed by atoms with Crippen molar-refractivity contribution in [2.75, 3.05) is 37.6 Å². The first-order valence-corrected chi connectivity index (χ1v) is 11.7. The molecule has 2 aliphatic heterocycles. The fourth-order valence-corrected chi connectivity index (χ4v) is 5.40. The number of halogens is 1. The maximum absolute atomic E-state index is 11.7. The largest absolute Gasteiger partial charge is 0.369 e. The second-order valence-electron chi connectivity index (χ2n) is 9.05. The van der Waals surface area contributed by atoms with Gasteiger partial charge in [0.25, 0.3) is 0 Å². The lowest BCUT2D eigenvalue weighted by atomic mass is 9.82. The van der Waals surface area contributed by atoms with E-state index in [2.05, 4.69) is 33.1 Å². The average molecular weight is 540 g/mol. The minimum Gasteiger partial charge on any atom is -0.369 e. The minimum absolute atomic E-state index is 0. The second kappa shape index (κ2) is 11.3. The van der Waals surface area contributed by atoms with Crippen LogP contribution in [0.15, 0.2) is 23.3 Å². The van der Waals surface area contributed by atoms with Crippen molar-refractivity contribution >= 4 is 41.7 Å². The summed E-state index contributed by atoms with van der Waals surface area (Å²) in [5, 5.41) is 3.51. The number of nitrogens with one attached hydrogen (secondary N) is 1. The van der Waals surface area contributed by atoms with Gasteiger partial charge in [-0.05, 0) is 50.5 Å². The summed E-state index contributed by atoms with van der Waals surface area (Å²) in [5.74, 6) is 3.32. The van der Waals surface area contributed by atoms with Crippen LogP contribution < -0.4 is 16.0 Å². The fourth-order valence-electron chi connectivity index (χ4n) is 5.40. The molecule has 3 fully saturated rings. The molecule has 1 aromatic heterocycles. The van der Waals surface area contributed by atoms with Gasteiger partial charge < -0.3 is 20.9 Å². The number of carbonyl (C=O) groups is 1. The zero-order chi connectivity index (χ0) is 20.9. The third-order valence-corrected chi connectivity index (χ3v) is 7.00. The first-order valence-electron chi connectivity index (χ1n) is 11.7. The van der Waals surface area contributed by atoms with E-state index in [4.69, 9.17) is 10.7 Å². The zero-order valence-electron chi connectivity index (χ0n) is 18.6. The van der Waals surface area contributed by atoms with Crippen LogP contribution in [0.3, 0.4) is 0 Å². The van der Waals surface area contributed by atoms with Gasteiger partial charge in [-0.1, -0.05) is 18.9 Å². The Morgan fingerprint density at radius 2 is 1.94 bits per heavy atom. The van der Waals surface area contributed by atoms with Crippen molar-refractivity contribution < 1.29 is 4.79 Å². The molecule has 0 spiro atoms. The van der Waals surface area contributed by atoms with Gasteiger partial charge in [-0.3, -0.25) is 4.79 Å². The third kappa shape index (κ3) is 5.81. The van der Waals surface area contributed by atoms with Gasteiger partial charge in [-0.15, -0.1) is 24.0 Å². The normalized spacial score (nSPS) is 26.2. The molecular formula is C23H37IN6O. The summed E-state index contributed by atoms with van der Waals surface area (Å²) in [5.41, 5.74) is 6.68. The lowest BCUT2D eigenvalue weighted by Crippen LogP contribution is -2.42. The van der Waals surface area contributed by atoms with Crippen molar-refractivity contribution in [2.24, 2.45) is 28.5 Å². The van der Waals surface area contributed by atoms with E-state index in [-0.39, 0.29) is 35.8 Å². The first-order chi connectivity index (χ1) is 14.7. The summed E-state index contributed by atoms with van der Waals surface area (Å²) in [6.45, 7) is 7.41. The molecule has 31 heavy (non-hydrogen) atoms. The third-order valence-electron chi connectivity index (χ3n) is 7.00. The Balaban J connectivity index is 0.00000272. The number of rotatable bonds is 5. The molecule has 1 saturated carbocycles. The topological polar surface area (TPSA) is 86.9 Å². The number of anilines is 1. The number of nitrogens with zero attached hydrogens (tertiary/aromatic N) is 4. The van der Waals surface area contributed by atoms with Crippen molar-refractivity contribution in [3.05, 3.63) is 23.9 Å². The lowest BCUT2D eigenvalue weighted by Gasteiger charge is -2.33. The number of primary amides is 1. The summed E-state index contributed by atoms with van der Waals surface area (Å²) in [4.78, 5) is 26.0. The van der Waals surface area contributed by atoms with E-state index in [1.54, 1.807) is 0 Å². The van der Waals surface area contributed by atoms with Gasteiger partial charge in [0.15, 0.2) is 5.96 Å². The van der Waals surface area contributed by atoms with Gasteiger partial charge >= 0.3 is 0 Å². The van der Waals surface area contributed by atoms with Crippen LogP contribution in [0, 0.1) is 17.8 Å². The Morgan fingerprint density at radius 3 is 2.61 bits per heavy atom. The van der Waals surface area contributed by atoms with E-state index in [1.165, 1.54) is 25.7 Å². The van der Waals surface area contributed by atoms with Crippen LogP contribution in [-0.4, -0.2) is 54.5 Å². The molecule has 0 radical (unpaired) electrons. The number of guanidine groups is 1. The number of likely N-dealkylation sites (tertiary alicyclic amines) is 1. The molecule has 0 bridgehead atoms. The van der Waals surface area contributed by atoms with E-state index in [0.29, 0.717) is 13.1 Å². The molecule has 3 aliphatic rings. The van der Waals surface area contributed by atoms with Crippen molar-refractivity contribution in [1.29, 1.82) is 0 Å². The molecule has 8 heteroatoms. The van der Waals surface area contributed by atoms with Gasteiger partial charge in [0, 0.05) is 44.5 Å². The molecule has 2 saturated heterocycles. The predicted octanol–water partition coefficient (Wildman–Crippen LogP) is 2.99. The molecule has 3 unspecified atom stereocenters. The maximum Gasteiger partial charge on any atom is 0.222 e. The number of pyridine rings is 1. The monoisotopic (exact) mass is 540 g/mol. The Labute approximate surface area is 203 Å². The van der Waals surface area contributed by atoms with Crippen molar-refractivity contribution in [3.8, 4) is 0 Å². The van der Waals surface area contributed by atoms with Crippen LogP contribution in [0.5, 0.6) is 0 Å². The van der Waals surface area contributed by atoms with Crippen LogP contribution in [-0.2, 0) is 11.3 Å². The summed E-state index contributed by atoms with van der Waals surface area (Å²) in [6, 6.07) is 4.08. The quantitative estimate of drug-likeness (QED) is 0.341. The highest BCUT2D eigenvalue weighted by molar-refractivity contribution is 14.0. The molecule has 0 aromatic carbocycles. The van der Waals surface area contributed by atoms with E-state index in [9.17, 15) is 4.79 Å². The standard InChI is InChI=1S/C23H36N6O.HI/c1-2-25-23(29-14-18-7-3-4-8-19(18)15-29)27-13-17-9-5-11-26-22(17)28-12-6-10-20(16-28)21(24)30;/h5,9,11,18-20H,2-4,6-8,10,12-16H2,1H3,(H2,24,30)(H,25,27);1H. The van der Waals surface area contributed by atoms with E-state index in [0.717, 1.165) is 68.2 Å². The number of nitrogens with two attached hydrogens (primary N) is 1. The highest BCUT2D eigenvalue weighted by Crippen LogP contribution is 2.36. The van der Waals surface area contributed by atoms with Crippen LogP contribution in [0.2, 0.25) is 0 Å². The molecule has 4 rings (SSSR count). The molecule has 1 aromatic rings. The summed E-state index contributed by atoms with van der Waals surface area (Å²) in [7, 11) is 0.